The normalized spacial score (nSPS) is 11.3. The highest BCUT2D eigenvalue weighted by atomic mass is 35.5. The number of ether oxygens (including phenoxy) is 2. The van der Waals surface area contributed by atoms with Crippen molar-refractivity contribution >= 4 is 21.6 Å². The number of hydrogen-bond donors (Lipinski definition) is 1. The van der Waals surface area contributed by atoms with Gasteiger partial charge in [0.2, 0.25) is 10.0 Å². The Bertz CT molecular complexity index is 760. The molecule has 0 saturated heterocycles. The van der Waals surface area contributed by atoms with Crippen LogP contribution in [-0.2, 0) is 16.4 Å². The van der Waals surface area contributed by atoms with E-state index in [1.54, 1.807) is 7.11 Å². The molecule has 0 saturated carbocycles. The lowest BCUT2D eigenvalue weighted by atomic mass is 10.1. The first kappa shape index (κ1) is 17.6. The SMILES string of the molecule is COc1ccc(CCNS(=O)(=O)c2ccc(OC)c(Cl)c2)cc1. The van der Waals surface area contributed by atoms with Gasteiger partial charge in [0, 0.05) is 6.54 Å². The number of halogens is 1. The number of sulfonamides is 1. The average Bonchev–Trinajstić information content (AvgIpc) is 2.55. The van der Waals surface area contributed by atoms with E-state index >= 15 is 0 Å². The van der Waals surface area contributed by atoms with Gasteiger partial charge in [0.1, 0.15) is 11.5 Å². The van der Waals surface area contributed by atoms with Crippen LogP contribution < -0.4 is 14.2 Å². The van der Waals surface area contributed by atoms with Gasteiger partial charge in [-0.1, -0.05) is 23.7 Å². The van der Waals surface area contributed by atoms with Gasteiger partial charge in [-0.05, 0) is 42.3 Å². The van der Waals surface area contributed by atoms with Crippen LogP contribution >= 0.6 is 11.6 Å². The fourth-order valence-corrected chi connectivity index (χ4v) is 3.40. The quantitative estimate of drug-likeness (QED) is 0.829. The molecule has 0 radical (unpaired) electrons. The van der Waals surface area contributed by atoms with Crippen LogP contribution in [0.3, 0.4) is 0 Å². The number of benzene rings is 2. The molecule has 0 bridgehead atoms. The van der Waals surface area contributed by atoms with E-state index in [4.69, 9.17) is 21.1 Å². The van der Waals surface area contributed by atoms with Crippen molar-refractivity contribution in [1.82, 2.24) is 4.72 Å². The molecule has 1 N–H and O–H groups in total. The standard InChI is InChI=1S/C16H18ClNO4S/c1-21-13-5-3-12(4-6-13)9-10-18-23(19,20)14-7-8-16(22-2)15(17)11-14/h3-8,11,18H,9-10H2,1-2H3. The molecule has 124 valence electrons. The molecule has 0 heterocycles. The second-order valence-electron chi connectivity index (χ2n) is 4.79. The van der Waals surface area contributed by atoms with Gasteiger partial charge in [-0.15, -0.1) is 0 Å². The largest absolute Gasteiger partial charge is 0.497 e. The third-order valence-corrected chi connectivity index (χ3v) is 5.05. The highest BCUT2D eigenvalue weighted by molar-refractivity contribution is 7.89. The average molecular weight is 356 g/mol. The van der Waals surface area contributed by atoms with Crippen LogP contribution in [0, 0.1) is 0 Å². The molecule has 0 spiro atoms. The van der Waals surface area contributed by atoms with Gasteiger partial charge in [0.25, 0.3) is 0 Å². The summed E-state index contributed by atoms with van der Waals surface area (Å²) in [7, 11) is -0.530. The number of methoxy groups -OCH3 is 2. The molecule has 0 fully saturated rings. The Morgan fingerprint density at radius 3 is 2.30 bits per heavy atom. The maximum atomic E-state index is 12.2. The molecular weight excluding hydrogens is 338 g/mol. The van der Waals surface area contributed by atoms with Crippen LogP contribution in [0.5, 0.6) is 11.5 Å². The first-order chi connectivity index (χ1) is 11.0. The molecular formula is C16H18ClNO4S. The molecule has 5 nitrogen and oxygen atoms in total. The Hall–Kier alpha value is -1.76. The summed E-state index contributed by atoms with van der Waals surface area (Å²) in [5.74, 6) is 1.20. The van der Waals surface area contributed by atoms with E-state index in [1.165, 1.54) is 25.3 Å². The van der Waals surface area contributed by atoms with Crippen LogP contribution in [0.15, 0.2) is 47.4 Å². The number of nitrogens with one attached hydrogen (secondary N) is 1. The monoisotopic (exact) mass is 355 g/mol. The van der Waals surface area contributed by atoms with E-state index in [0.29, 0.717) is 12.2 Å². The minimum absolute atomic E-state index is 0.109. The number of rotatable bonds is 7. The molecule has 0 aliphatic rings. The summed E-state index contributed by atoms with van der Waals surface area (Å²) in [4.78, 5) is 0.109. The zero-order valence-corrected chi connectivity index (χ0v) is 14.4. The van der Waals surface area contributed by atoms with Gasteiger partial charge in [-0.2, -0.15) is 0 Å². The van der Waals surface area contributed by atoms with Crippen LogP contribution in [0.4, 0.5) is 0 Å². The summed E-state index contributed by atoms with van der Waals surface area (Å²) in [6, 6.07) is 11.8. The predicted octanol–water partition coefficient (Wildman–Crippen LogP) is 2.88. The lowest BCUT2D eigenvalue weighted by molar-refractivity contribution is 0.414. The van der Waals surface area contributed by atoms with Crippen LogP contribution in [0.1, 0.15) is 5.56 Å². The lowest BCUT2D eigenvalue weighted by Gasteiger charge is -2.09. The van der Waals surface area contributed by atoms with E-state index in [1.807, 2.05) is 24.3 Å². The molecule has 2 aromatic carbocycles. The van der Waals surface area contributed by atoms with Gasteiger partial charge in [0.15, 0.2) is 0 Å². The van der Waals surface area contributed by atoms with Crippen molar-refractivity contribution in [1.29, 1.82) is 0 Å². The Labute approximate surface area is 141 Å². The minimum atomic E-state index is -3.61. The highest BCUT2D eigenvalue weighted by Crippen LogP contribution is 2.26. The summed E-state index contributed by atoms with van der Waals surface area (Å²) in [6.45, 7) is 0.290. The Morgan fingerprint density at radius 2 is 1.74 bits per heavy atom. The first-order valence-electron chi connectivity index (χ1n) is 6.92. The van der Waals surface area contributed by atoms with Crippen molar-refractivity contribution in [3.05, 3.63) is 53.1 Å². The molecule has 2 rings (SSSR count). The van der Waals surface area contributed by atoms with E-state index < -0.39 is 10.0 Å². The summed E-state index contributed by atoms with van der Waals surface area (Å²) in [5.41, 5.74) is 1.02. The second kappa shape index (κ2) is 7.68. The van der Waals surface area contributed by atoms with Crippen molar-refractivity contribution in [2.45, 2.75) is 11.3 Å². The van der Waals surface area contributed by atoms with Crippen molar-refractivity contribution in [3.63, 3.8) is 0 Å². The summed E-state index contributed by atoms with van der Waals surface area (Å²) >= 11 is 5.96. The van der Waals surface area contributed by atoms with E-state index in [9.17, 15) is 8.42 Å². The zero-order valence-electron chi connectivity index (χ0n) is 12.9. The predicted molar refractivity (Wildman–Crippen MR) is 89.9 cm³/mol. The fourth-order valence-electron chi connectivity index (χ4n) is 2.02. The van der Waals surface area contributed by atoms with E-state index in [2.05, 4.69) is 4.72 Å². The van der Waals surface area contributed by atoms with Crippen molar-refractivity contribution < 1.29 is 17.9 Å². The Kier molecular flexibility index (Phi) is 5.87. The molecule has 7 heteroatoms. The smallest absolute Gasteiger partial charge is 0.240 e. The molecule has 0 atom stereocenters. The number of hydrogen-bond acceptors (Lipinski definition) is 4. The lowest BCUT2D eigenvalue weighted by Crippen LogP contribution is -2.26. The van der Waals surface area contributed by atoms with Crippen molar-refractivity contribution in [3.8, 4) is 11.5 Å². The van der Waals surface area contributed by atoms with Gasteiger partial charge < -0.3 is 9.47 Å². The maximum Gasteiger partial charge on any atom is 0.240 e. The summed E-state index contributed by atoms with van der Waals surface area (Å²) in [5, 5.41) is 0.255. The summed E-state index contributed by atoms with van der Waals surface area (Å²) in [6.07, 6.45) is 0.576. The van der Waals surface area contributed by atoms with Gasteiger partial charge >= 0.3 is 0 Å². The fraction of sp³-hybridized carbons (Fsp3) is 0.250. The van der Waals surface area contributed by atoms with E-state index in [0.717, 1.165) is 11.3 Å². The highest BCUT2D eigenvalue weighted by Gasteiger charge is 2.15. The van der Waals surface area contributed by atoms with Crippen molar-refractivity contribution in [2.75, 3.05) is 20.8 Å². The van der Waals surface area contributed by atoms with Gasteiger partial charge in [-0.25, -0.2) is 13.1 Å². The summed E-state index contributed by atoms with van der Waals surface area (Å²) < 4.78 is 37.1. The van der Waals surface area contributed by atoms with Gasteiger partial charge in [0.05, 0.1) is 24.1 Å². The van der Waals surface area contributed by atoms with Gasteiger partial charge in [-0.3, -0.25) is 0 Å². The van der Waals surface area contributed by atoms with Crippen LogP contribution in [0.25, 0.3) is 0 Å². The molecule has 2 aromatic rings. The third-order valence-electron chi connectivity index (χ3n) is 3.30. The zero-order chi connectivity index (χ0) is 16.9. The molecule has 0 amide bonds. The Balaban J connectivity index is 1.99. The first-order valence-corrected chi connectivity index (χ1v) is 8.78. The Morgan fingerprint density at radius 1 is 1.04 bits per heavy atom. The second-order valence-corrected chi connectivity index (χ2v) is 6.97. The molecule has 0 aliphatic heterocycles. The van der Waals surface area contributed by atoms with Crippen molar-refractivity contribution in [2.24, 2.45) is 0 Å². The molecule has 0 unspecified atom stereocenters. The molecule has 23 heavy (non-hydrogen) atoms. The van der Waals surface area contributed by atoms with Crippen LogP contribution in [0.2, 0.25) is 5.02 Å². The van der Waals surface area contributed by atoms with E-state index in [-0.39, 0.29) is 16.5 Å². The molecule has 0 aromatic heterocycles. The van der Waals surface area contributed by atoms with Crippen LogP contribution in [-0.4, -0.2) is 29.2 Å². The molecule has 0 aliphatic carbocycles. The third kappa shape index (κ3) is 4.60. The maximum absolute atomic E-state index is 12.2. The topological polar surface area (TPSA) is 64.6 Å². The minimum Gasteiger partial charge on any atom is -0.497 e.